The maximum Gasteiger partial charge on any atom is 0.0588 e. The van der Waals surface area contributed by atoms with Crippen molar-refractivity contribution < 1.29 is 4.74 Å². The van der Waals surface area contributed by atoms with E-state index in [9.17, 15) is 0 Å². The largest absolute Gasteiger partial charge is 0.378 e. The lowest BCUT2D eigenvalue weighted by molar-refractivity contribution is 0.105. The van der Waals surface area contributed by atoms with Gasteiger partial charge in [-0.25, -0.2) is 0 Å². The molecule has 0 aromatic rings. The third-order valence-electron chi connectivity index (χ3n) is 4.39. The summed E-state index contributed by atoms with van der Waals surface area (Å²) in [7, 11) is 0. The van der Waals surface area contributed by atoms with E-state index in [1.807, 2.05) is 0 Å². The van der Waals surface area contributed by atoms with Gasteiger partial charge in [-0.15, -0.1) is 0 Å². The van der Waals surface area contributed by atoms with Gasteiger partial charge in [0, 0.05) is 13.2 Å². The molecule has 1 saturated heterocycles. The average molecular weight is 225 g/mol. The molecule has 0 aromatic heterocycles. The molecule has 1 saturated carbocycles. The summed E-state index contributed by atoms with van der Waals surface area (Å²) in [6.07, 6.45) is 10.5. The molecule has 2 heteroatoms. The van der Waals surface area contributed by atoms with Gasteiger partial charge in [0.05, 0.1) is 6.10 Å². The SMILES string of the molecule is CC1OCCC1CNCCC1CCCCC1. The molecular weight excluding hydrogens is 198 g/mol. The van der Waals surface area contributed by atoms with Crippen molar-refractivity contribution in [2.75, 3.05) is 19.7 Å². The Balaban J connectivity index is 1.51. The smallest absolute Gasteiger partial charge is 0.0588 e. The van der Waals surface area contributed by atoms with Gasteiger partial charge in [0.1, 0.15) is 0 Å². The monoisotopic (exact) mass is 225 g/mol. The van der Waals surface area contributed by atoms with Gasteiger partial charge in [0.25, 0.3) is 0 Å². The fourth-order valence-corrected chi connectivity index (χ4v) is 3.11. The molecule has 2 nitrogen and oxygen atoms in total. The highest BCUT2D eigenvalue weighted by atomic mass is 16.5. The van der Waals surface area contributed by atoms with Gasteiger partial charge in [-0.3, -0.25) is 0 Å². The van der Waals surface area contributed by atoms with Crippen LogP contribution in [0.15, 0.2) is 0 Å². The molecule has 0 amide bonds. The van der Waals surface area contributed by atoms with Crippen molar-refractivity contribution in [3.63, 3.8) is 0 Å². The van der Waals surface area contributed by atoms with E-state index in [2.05, 4.69) is 12.2 Å². The Morgan fingerprint density at radius 2 is 1.94 bits per heavy atom. The molecule has 0 bridgehead atoms. The summed E-state index contributed by atoms with van der Waals surface area (Å²) < 4.78 is 5.57. The standard InChI is InChI=1S/C14H27NO/c1-12-14(8-10-16-12)11-15-9-7-13-5-3-2-4-6-13/h12-15H,2-11H2,1H3. The molecule has 94 valence electrons. The van der Waals surface area contributed by atoms with Crippen molar-refractivity contribution in [3.8, 4) is 0 Å². The Hall–Kier alpha value is -0.0800. The Bertz CT molecular complexity index is 189. The predicted octanol–water partition coefficient (Wildman–Crippen LogP) is 2.97. The number of nitrogens with one attached hydrogen (secondary N) is 1. The zero-order chi connectivity index (χ0) is 11.2. The van der Waals surface area contributed by atoms with Crippen molar-refractivity contribution in [2.45, 2.75) is 58.0 Å². The summed E-state index contributed by atoms with van der Waals surface area (Å²) >= 11 is 0. The van der Waals surface area contributed by atoms with Crippen LogP contribution < -0.4 is 5.32 Å². The summed E-state index contributed by atoms with van der Waals surface area (Å²) in [5, 5.41) is 3.63. The van der Waals surface area contributed by atoms with Crippen molar-refractivity contribution in [1.29, 1.82) is 0 Å². The van der Waals surface area contributed by atoms with E-state index in [1.54, 1.807) is 0 Å². The Kier molecular flexibility index (Phi) is 5.11. The molecule has 0 aromatic carbocycles. The van der Waals surface area contributed by atoms with Gasteiger partial charge in [-0.2, -0.15) is 0 Å². The summed E-state index contributed by atoms with van der Waals surface area (Å²) in [5.41, 5.74) is 0. The van der Waals surface area contributed by atoms with Crippen LogP contribution >= 0.6 is 0 Å². The maximum absolute atomic E-state index is 5.57. The first-order valence-electron chi connectivity index (χ1n) is 7.18. The molecule has 0 spiro atoms. The minimum absolute atomic E-state index is 0.474. The molecule has 1 N–H and O–H groups in total. The van der Waals surface area contributed by atoms with Crippen LogP contribution in [0.25, 0.3) is 0 Å². The van der Waals surface area contributed by atoms with Crippen LogP contribution in [0, 0.1) is 11.8 Å². The lowest BCUT2D eigenvalue weighted by atomic mass is 9.87. The molecule has 0 radical (unpaired) electrons. The highest BCUT2D eigenvalue weighted by Gasteiger charge is 2.23. The fourth-order valence-electron chi connectivity index (χ4n) is 3.11. The first-order valence-corrected chi connectivity index (χ1v) is 7.18. The van der Waals surface area contributed by atoms with Crippen LogP contribution in [-0.2, 0) is 4.74 Å². The van der Waals surface area contributed by atoms with E-state index in [-0.39, 0.29) is 0 Å². The predicted molar refractivity (Wildman–Crippen MR) is 67.6 cm³/mol. The summed E-state index contributed by atoms with van der Waals surface area (Å²) in [5.74, 6) is 1.77. The second-order valence-electron chi connectivity index (χ2n) is 5.62. The van der Waals surface area contributed by atoms with Crippen LogP contribution in [0.3, 0.4) is 0 Å². The van der Waals surface area contributed by atoms with Gasteiger partial charge >= 0.3 is 0 Å². The van der Waals surface area contributed by atoms with E-state index < -0.39 is 0 Å². The maximum atomic E-state index is 5.57. The van der Waals surface area contributed by atoms with Gasteiger partial charge in [-0.1, -0.05) is 32.1 Å². The number of hydrogen-bond acceptors (Lipinski definition) is 2. The van der Waals surface area contributed by atoms with Crippen LogP contribution in [-0.4, -0.2) is 25.8 Å². The molecule has 2 rings (SSSR count). The molecule has 1 heterocycles. The van der Waals surface area contributed by atoms with E-state index in [4.69, 9.17) is 4.74 Å². The highest BCUT2D eigenvalue weighted by Crippen LogP contribution is 2.26. The summed E-state index contributed by atoms with van der Waals surface area (Å²) in [4.78, 5) is 0. The molecule has 2 aliphatic rings. The average Bonchev–Trinajstić information content (AvgIpc) is 2.72. The second-order valence-corrected chi connectivity index (χ2v) is 5.62. The van der Waals surface area contributed by atoms with Crippen molar-refractivity contribution in [2.24, 2.45) is 11.8 Å². The third-order valence-corrected chi connectivity index (χ3v) is 4.39. The van der Waals surface area contributed by atoms with Gasteiger partial charge in [0.2, 0.25) is 0 Å². The van der Waals surface area contributed by atoms with E-state index in [0.717, 1.165) is 25.0 Å². The topological polar surface area (TPSA) is 21.3 Å². The van der Waals surface area contributed by atoms with Gasteiger partial charge < -0.3 is 10.1 Å². The molecular formula is C14H27NO. The minimum atomic E-state index is 0.474. The number of ether oxygens (including phenoxy) is 1. The lowest BCUT2D eigenvalue weighted by Crippen LogP contribution is -2.28. The molecule has 16 heavy (non-hydrogen) atoms. The van der Waals surface area contributed by atoms with Crippen molar-refractivity contribution in [1.82, 2.24) is 5.32 Å². The van der Waals surface area contributed by atoms with Crippen LogP contribution in [0.2, 0.25) is 0 Å². The first-order chi connectivity index (χ1) is 7.86. The first kappa shape index (κ1) is 12.4. The molecule has 2 fully saturated rings. The Morgan fingerprint density at radius 1 is 1.12 bits per heavy atom. The van der Waals surface area contributed by atoms with Crippen LogP contribution in [0.5, 0.6) is 0 Å². The van der Waals surface area contributed by atoms with Crippen LogP contribution in [0.1, 0.15) is 51.9 Å². The minimum Gasteiger partial charge on any atom is -0.378 e. The quantitative estimate of drug-likeness (QED) is 0.726. The Morgan fingerprint density at radius 3 is 2.62 bits per heavy atom. The molecule has 2 unspecified atom stereocenters. The summed E-state index contributed by atoms with van der Waals surface area (Å²) in [6, 6.07) is 0. The van der Waals surface area contributed by atoms with E-state index in [0.29, 0.717) is 6.10 Å². The molecule has 1 aliphatic heterocycles. The van der Waals surface area contributed by atoms with E-state index in [1.165, 1.54) is 51.5 Å². The molecule has 2 atom stereocenters. The van der Waals surface area contributed by atoms with Crippen molar-refractivity contribution >= 4 is 0 Å². The lowest BCUT2D eigenvalue weighted by Gasteiger charge is -2.22. The number of hydrogen-bond donors (Lipinski definition) is 1. The fraction of sp³-hybridized carbons (Fsp3) is 1.00. The second kappa shape index (κ2) is 6.61. The zero-order valence-corrected chi connectivity index (χ0v) is 10.7. The third kappa shape index (κ3) is 3.74. The highest BCUT2D eigenvalue weighted by molar-refractivity contribution is 4.75. The van der Waals surface area contributed by atoms with Gasteiger partial charge in [0.15, 0.2) is 0 Å². The van der Waals surface area contributed by atoms with Crippen molar-refractivity contribution in [3.05, 3.63) is 0 Å². The Labute approximate surface area is 100 Å². The van der Waals surface area contributed by atoms with Gasteiger partial charge in [-0.05, 0) is 38.1 Å². The summed E-state index contributed by atoms with van der Waals surface area (Å²) in [6.45, 7) is 5.55. The zero-order valence-electron chi connectivity index (χ0n) is 10.7. The van der Waals surface area contributed by atoms with E-state index >= 15 is 0 Å². The van der Waals surface area contributed by atoms with Crippen LogP contribution in [0.4, 0.5) is 0 Å². The number of rotatable bonds is 5. The normalized spacial score (nSPS) is 32.1. The molecule has 1 aliphatic carbocycles.